The zero-order valence-electron chi connectivity index (χ0n) is 14.6. The number of hydrazone groups is 1. The summed E-state index contributed by atoms with van der Waals surface area (Å²) in [5.74, 6) is -0.201. The average Bonchev–Trinajstić information content (AvgIpc) is 2.68. The fraction of sp³-hybridized carbons (Fsp3) is 0.167. The molecule has 0 aliphatic carbocycles. The van der Waals surface area contributed by atoms with Gasteiger partial charge in [-0.2, -0.15) is 5.10 Å². The van der Waals surface area contributed by atoms with Crippen LogP contribution in [0, 0.1) is 0 Å². The van der Waals surface area contributed by atoms with Gasteiger partial charge < -0.3 is 19.5 Å². The third-order valence-corrected chi connectivity index (χ3v) is 3.37. The fourth-order valence-corrected chi connectivity index (χ4v) is 2.06. The van der Waals surface area contributed by atoms with Crippen LogP contribution in [0.25, 0.3) is 0 Å². The third-order valence-electron chi connectivity index (χ3n) is 3.37. The minimum atomic E-state index is -0.917. The van der Waals surface area contributed by atoms with E-state index in [-0.39, 0.29) is 0 Å². The van der Waals surface area contributed by atoms with Crippen LogP contribution in [0.1, 0.15) is 5.56 Å². The van der Waals surface area contributed by atoms with Crippen molar-refractivity contribution in [3.05, 3.63) is 48.0 Å². The molecule has 0 aliphatic heterocycles. The Morgan fingerprint density at radius 1 is 0.923 bits per heavy atom. The van der Waals surface area contributed by atoms with Crippen molar-refractivity contribution in [2.24, 2.45) is 5.10 Å². The number of carbonyl (C=O) groups excluding carboxylic acids is 2. The number of methoxy groups -OCH3 is 3. The number of hydrogen-bond donors (Lipinski definition) is 2. The molecule has 0 fully saturated rings. The number of nitrogens with one attached hydrogen (secondary N) is 2. The molecule has 0 atom stereocenters. The summed E-state index contributed by atoms with van der Waals surface area (Å²) in [4.78, 5) is 23.8. The van der Waals surface area contributed by atoms with Crippen molar-refractivity contribution in [1.82, 2.24) is 5.43 Å². The van der Waals surface area contributed by atoms with Crippen LogP contribution in [0.5, 0.6) is 17.2 Å². The van der Waals surface area contributed by atoms with E-state index in [1.165, 1.54) is 20.4 Å². The van der Waals surface area contributed by atoms with E-state index in [0.717, 1.165) is 0 Å². The van der Waals surface area contributed by atoms with E-state index < -0.39 is 11.8 Å². The number of rotatable bonds is 6. The Morgan fingerprint density at radius 2 is 1.65 bits per heavy atom. The molecule has 2 aromatic carbocycles. The first-order chi connectivity index (χ1) is 12.6. The number of amides is 2. The molecular weight excluding hydrogens is 338 g/mol. The third kappa shape index (κ3) is 4.73. The van der Waals surface area contributed by atoms with Gasteiger partial charge in [0.1, 0.15) is 17.2 Å². The second-order valence-corrected chi connectivity index (χ2v) is 4.96. The Balaban J connectivity index is 1.99. The van der Waals surface area contributed by atoms with Gasteiger partial charge in [-0.25, -0.2) is 5.43 Å². The summed E-state index contributed by atoms with van der Waals surface area (Å²) in [6, 6.07) is 11.9. The van der Waals surface area contributed by atoms with E-state index in [9.17, 15) is 9.59 Å². The number of carbonyl (C=O) groups is 2. The van der Waals surface area contributed by atoms with Crippen molar-refractivity contribution in [1.29, 1.82) is 0 Å². The first-order valence-corrected chi connectivity index (χ1v) is 7.58. The highest BCUT2D eigenvalue weighted by molar-refractivity contribution is 6.39. The second-order valence-electron chi connectivity index (χ2n) is 4.96. The zero-order chi connectivity index (χ0) is 18.9. The van der Waals surface area contributed by atoms with E-state index in [0.29, 0.717) is 28.5 Å². The standard InChI is InChI=1S/C18H19N3O5/c1-24-13-9-8-12(16(10-13)26-3)11-19-21-18(23)17(22)20-14-6-4-5-7-15(14)25-2/h4-11H,1-3H3,(H,20,22)(H,21,23)/b19-11+. The lowest BCUT2D eigenvalue weighted by atomic mass is 10.2. The molecule has 2 aromatic rings. The Bertz CT molecular complexity index is 820. The van der Waals surface area contributed by atoms with Gasteiger partial charge in [0.2, 0.25) is 0 Å². The molecule has 2 amide bonds. The molecule has 8 heteroatoms. The molecule has 26 heavy (non-hydrogen) atoms. The highest BCUT2D eigenvalue weighted by Gasteiger charge is 2.15. The fourth-order valence-electron chi connectivity index (χ4n) is 2.06. The predicted molar refractivity (Wildman–Crippen MR) is 96.9 cm³/mol. The minimum Gasteiger partial charge on any atom is -0.497 e. The van der Waals surface area contributed by atoms with Crippen LogP contribution in [0.2, 0.25) is 0 Å². The first-order valence-electron chi connectivity index (χ1n) is 7.58. The SMILES string of the molecule is COc1ccc(/C=N/NC(=O)C(=O)Nc2ccccc2OC)c(OC)c1. The Labute approximate surface area is 150 Å². The molecule has 0 bridgehead atoms. The molecule has 0 saturated carbocycles. The molecule has 0 spiro atoms. The summed E-state index contributed by atoms with van der Waals surface area (Å²) in [7, 11) is 4.52. The lowest BCUT2D eigenvalue weighted by molar-refractivity contribution is -0.136. The van der Waals surface area contributed by atoms with Crippen molar-refractivity contribution in [2.45, 2.75) is 0 Å². The average molecular weight is 357 g/mol. The van der Waals surface area contributed by atoms with Crippen LogP contribution in [-0.2, 0) is 9.59 Å². The van der Waals surface area contributed by atoms with E-state index in [1.54, 1.807) is 49.6 Å². The molecular formula is C18H19N3O5. The molecule has 0 radical (unpaired) electrons. The largest absolute Gasteiger partial charge is 0.497 e. The van der Waals surface area contributed by atoms with Crippen LogP contribution >= 0.6 is 0 Å². The molecule has 0 unspecified atom stereocenters. The number of hydrogen-bond acceptors (Lipinski definition) is 6. The molecule has 0 aromatic heterocycles. The number of nitrogens with zero attached hydrogens (tertiary/aromatic N) is 1. The van der Waals surface area contributed by atoms with Crippen molar-refractivity contribution in [2.75, 3.05) is 26.6 Å². The first kappa shape index (κ1) is 18.8. The monoisotopic (exact) mass is 357 g/mol. The lowest BCUT2D eigenvalue weighted by Crippen LogP contribution is -2.32. The van der Waals surface area contributed by atoms with Crippen molar-refractivity contribution < 1.29 is 23.8 Å². The summed E-state index contributed by atoms with van der Waals surface area (Å²) in [5.41, 5.74) is 3.15. The molecule has 2 rings (SSSR count). The topological polar surface area (TPSA) is 98.2 Å². The molecule has 0 aliphatic rings. The normalized spacial score (nSPS) is 10.3. The molecule has 8 nitrogen and oxygen atoms in total. The molecule has 0 saturated heterocycles. The quantitative estimate of drug-likeness (QED) is 0.467. The van der Waals surface area contributed by atoms with E-state index >= 15 is 0 Å². The predicted octanol–water partition coefficient (Wildman–Crippen LogP) is 1.80. The van der Waals surface area contributed by atoms with Crippen molar-refractivity contribution >= 4 is 23.7 Å². The van der Waals surface area contributed by atoms with Gasteiger partial charge in [0, 0.05) is 11.6 Å². The molecule has 136 valence electrons. The number of para-hydroxylation sites is 2. The maximum atomic E-state index is 11.9. The van der Waals surface area contributed by atoms with Crippen LogP contribution in [0.4, 0.5) is 5.69 Å². The highest BCUT2D eigenvalue weighted by atomic mass is 16.5. The number of benzene rings is 2. The Hall–Kier alpha value is -3.55. The maximum Gasteiger partial charge on any atom is 0.329 e. The van der Waals surface area contributed by atoms with Gasteiger partial charge in [-0.15, -0.1) is 0 Å². The summed E-state index contributed by atoms with van der Waals surface area (Å²) in [5, 5.41) is 6.23. The summed E-state index contributed by atoms with van der Waals surface area (Å²) in [6.07, 6.45) is 1.37. The summed E-state index contributed by atoms with van der Waals surface area (Å²) < 4.78 is 15.4. The van der Waals surface area contributed by atoms with E-state index in [1.807, 2.05) is 0 Å². The van der Waals surface area contributed by atoms with Crippen molar-refractivity contribution in [3.63, 3.8) is 0 Å². The van der Waals surface area contributed by atoms with Gasteiger partial charge >= 0.3 is 11.8 Å². The van der Waals surface area contributed by atoms with Gasteiger partial charge in [0.15, 0.2) is 0 Å². The Morgan fingerprint density at radius 3 is 2.35 bits per heavy atom. The van der Waals surface area contributed by atoms with Crippen LogP contribution in [0.15, 0.2) is 47.6 Å². The summed E-state index contributed by atoms with van der Waals surface area (Å²) in [6.45, 7) is 0. The van der Waals surface area contributed by atoms with Crippen molar-refractivity contribution in [3.8, 4) is 17.2 Å². The lowest BCUT2D eigenvalue weighted by Gasteiger charge is -2.09. The highest BCUT2D eigenvalue weighted by Crippen LogP contribution is 2.23. The van der Waals surface area contributed by atoms with Crippen LogP contribution in [0.3, 0.4) is 0 Å². The van der Waals surface area contributed by atoms with Gasteiger partial charge in [-0.3, -0.25) is 9.59 Å². The minimum absolute atomic E-state index is 0.385. The zero-order valence-corrected chi connectivity index (χ0v) is 14.6. The Kier molecular flexibility index (Phi) is 6.55. The van der Waals surface area contributed by atoms with Crippen LogP contribution in [-0.4, -0.2) is 39.4 Å². The van der Waals surface area contributed by atoms with E-state index in [2.05, 4.69) is 15.8 Å². The summed E-state index contributed by atoms with van der Waals surface area (Å²) >= 11 is 0. The second kappa shape index (κ2) is 9.07. The molecule has 2 N–H and O–H groups in total. The van der Waals surface area contributed by atoms with Gasteiger partial charge in [-0.05, 0) is 24.3 Å². The van der Waals surface area contributed by atoms with Gasteiger partial charge in [0.25, 0.3) is 0 Å². The van der Waals surface area contributed by atoms with Gasteiger partial charge in [0.05, 0.1) is 33.2 Å². The maximum absolute atomic E-state index is 11.9. The van der Waals surface area contributed by atoms with Gasteiger partial charge in [-0.1, -0.05) is 12.1 Å². The van der Waals surface area contributed by atoms with Crippen LogP contribution < -0.4 is 25.0 Å². The smallest absolute Gasteiger partial charge is 0.329 e. The molecule has 0 heterocycles. The number of anilines is 1. The van der Waals surface area contributed by atoms with E-state index in [4.69, 9.17) is 14.2 Å². The number of ether oxygens (including phenoxy) is 3.